The molecular weight excluding hydrogens is 210 g/mol. The predicted molar refractivity (Wildman–Crippen MR) is 56.4 cm³/mol. The van der Waals surface area contributed by atoms with E-state index in [9.17, 15) is 14.7 Å². The van der Waals surface area contributed by atoms with E-state index in [-0.39, 0.29) is 24.0 Å². The molecule has 6 heteroatoms. The molecular formula is C10H11N3O3. The van der Waals surface area contributed by atoms with Gasteiger partial charge in [-0.3, -0.25) is 15.0 Å². The second-order valence-corrected chi connectivity index (χ2v) is 3.49. The van der Waals surface area contributed by atoms with Gasteiger partial charge in [0.1, 0.15) is 11.8 Å². The summed E-state index contributed by atoms with van der Waals surface area (Å²) in [5, 5.41) is 11.8. The number of hydrazine groups is 1. The van der Waals surface area contributed by atoms with Gasteiger partial charge in [0.2, 0.25) is 11.8 Å². The van der Waals surface area contributed by atoms with Gasteiger partial charge in [-0.15, -0.1) is 0 Å². The molecule has 6 nitrogen and oxygen atoms in total. The van der Waals surface area contributed by atoms with Crippen molar-refractivity contribution < 1.29 is 14.7 Å². The average molecular weight is 221 g/mol. The smallest absolute Gasteiger partial charge is 0.243 e. The quantitative estimate of drug-likeness (QED) is 0.553. The molecule has 1 saturated heterocycles. The summed E-state index contributed by atoms with van der Waals surface area (Å²) in [6.45, 7) is 0. The second kappa shape index (κ2) is 4.19. The molecule has 1 fully saturated rings. The third-order valence-corrected chi connectivity index (χ3v) is 2.21. The Kier molecular flexibility index (Phi) is 2.74. The van der Waals surface area contributed by atoms with Gasteiger partial charge in [0.15, 0.2) is 0 Å². The Morgan fingerprint density at radius 3 is 2.94 bits per heavy atom. The maximum Gasteiger partial charge on any atom is 0.243 e. The molecule has 1 aromatic carbocycles. The lowest BCUT2D eigenvalue weighted by atomic mass is 10.2. The van der Waals surface area contributed by atoms with Crippen molar-refractivity contribution in [2.45, 2.75) is 12.5 Å². The van der Waals surface area contributed by atoms with E-state index in [1.807, 2.05) is 0 Å². The molecule has 1 aliphatic heterocycles. The number of amides is 2. The number of rotatable bonds is 2. The molecule has 0 aliphatic carbocycles. The van der Waals surface area contributed by atoms with E-state index < -0.39 is 6.04 Å². The van der Waals surface area contributed by atoms with E-state index in [4.69, 9.17) is 0 Å². The number of carbonyl (C=O) groups is 2. The summed E-state index contributed by atoms with van der Waals surface area (Å²) < 4.78 is 0. The molecule has 2 amide bonds. The van der Waals surface area contributed by atoms with Crippen molar-refractivity contribution in [3.05, 3.63) is 24.3 Å². The third-order valence-electron chi connectivity index (χ3n) is 2.21. The zero-order valence-electron chi connectivity index (χ0n) is 8.36. The van der Waals surface area contributed by atoms with Crippen LogP contribution in [0.25, 0.3) is 0 Å². The molecule has 1 aliphatic rings. The van der Waals surface area contributed by atoms with Crippen LogP contribution in [-0.4, -0.2) is 23.0 Å². The molecule has 0 saturated carbocycles. The first-order valence-corrected chi connectivity index (χ1v) is 4.79. The Hall–Kier alpha value is -2.08. The molecule has 1 heterocycles. The third kappa shape index (κ3) is 2.29. The average Bonchev–Trinajstić information content (AvgIpc) is 2.65. The largest absolute Gasteiger partial charge is 0.508 e. The number of carbonyl (C=O) groups excluding carboxylic acids is 2. The van der Waals surface area contributed by atoms with Gasteiger partial charge in [0.05, 0.1) is 6.42 Å². The number of anilines is 1. The summed E-state index contributed by atoms with van der Waals surface area (Å²) in [6, 6.07) is 5.64. The van der Waals surface area contributed by atoms with Crippen molar-refractivity contribution in [3.63, 3.8) is 0 Å². The number of aromatic hydroxyl groups is 1. The van der Waals surface area contributed by atoms with Crippen LogP contribution in [0.5, 0.6) is 5.75 Å². The summed E-state index contributed by atoms with van der Waals surface area (Å²) >= 11 is 0. The van der Waals surface area contributed by atoms with E-state index >= 15 is 0 Å². The topological polar surface area (TPSA) is 90.5 Å². The first-order valence-electron chi connectivity index (χ1n) is 4.79. The summed E-state index contributed by atoms with van der Waals surface area (Å²) in [6.07, 6.45) is 0.116. The first-order chi connectivity index (χ1) is 7.65. The number of hydrogen-bond acceptors (Lipinski definition) is 4. The molecule has 4 N–H and O–H groups in total. The normalized spacial score (nSPS) is 19.2. The lowest BCUT2D eigenvalue weighted by Crippen LogP contribution is -2.39. The standard InChI is InChI=1S/C10H11N3O3/c14-7-3-1-2-6(4-7)11-10(16)8-5-9(15)13-12-8/h1-4,8,12,14H,5H2,(H,11,16)(H,13,15). The van der Waals surface area contributed by atoms with Crippen LogP contribution in [0.3, 0.4) is 0 Å². The van der Waals surface area contributed by atoms with Gasteiger partial charge in [0.25, 0.3) is 0 Å². The molecule has 1 atom stereocenters. The van der Waals surface area contributed by atoms with Gasteiger partial charge in [-0.2, -0.15) is 0 Å². The van der Waals surface area contributed by atoms with Crippen LogP contribution < -0.4 is 16.2 Å². The molecule has 2 rings (SSSR count). The van der Waals surface area contributed by atoms with E-state index in [0.29, 0.717) is 5.69 Å². The van der Waals surface area contributed by atoms with Crippen molar-refractivity contribution in [2.24, 2.45) is 0 Å². The lowest BCUT2D eigenvalue weighted by Gasteiger charge is -2.09. The van der Waals surface area contributed by atoms with Crippen molar-refractivity contribution in [1.29, 1.82) is 0 Å². The highest BCUT2D eigenvalue weighted by Crippen LogP contribution is 2.15. The van der Waals surface area contributed by atoms with Crippen molar-refractivity contribution in [2.75, 3.05) is 5.32 Å². The second-order valence-electron chi connectivity index (χ2n) is 3.49. The van der Waals surface area contributed by atoms with Gasteiger partial charge in [-0.25, -0.2) is 5.43 Å². The van der Waals surface area contributed by atoms with E-state index in [1.165, 1.54) is 12.1 Å². The van der Waals surface area contributed by atoms with E-state index in [2.05, 4.69) is 16.2 Å². The Balaban J connectivity index is 1.99. The number of phenols is 1. The van der Waals surface area contributed by atoms with Crippen LogP contribution in [0.1, 0.15) is 6.42 Å². The lowest BCUT2D eigenvalue weighted by molar-refractivity contribution is -0.121. The summed E-state index contributed by atoms with van der Waals surface area (Å²) in [4.78, 5) is 22.5. The molecule has 84 valence electrons. The van der Waals surface area contributed by atoms with Gasteiger partial charge in [0, 0.05) is 11.8 Å². The maximum absolute atomic E-state index is 11.6. The zero-order valence-corrected chi connectivity index (χ0v) is 8.36. The monoisotopic (exact) mass is 221 g/mol. The Labute approximate surface area is 91.6 Å². The van der Waals surface area contributed by atoms with Crippen LogP contribution >= 0.6 is 0 Å². The van der Waals surface area contributed by atoms with Crippen molar-refractivity contribution in [1.82, 2.24) is 10.9 Å². The molecule has 0 spiro atoms. The minimum atomic E-state index is -0.574. The van der Waals surface area contributed by atoms with Gasteiger partial charge in [-0.05, 0) is 12.1 Å². The summed E-state index contributed by atoms with van der Waals surface area (Å²) in [7, 11) is 0. The fourth-order valence-electron chi connectivity index (χ4n) is 1.43. The molecule has 0 aromatic heterocycles. The Morgan fingerprint density at radius 1 is 1.50 bits per heavy atom. The molecule has 16 heavy (non-hydrogen) atoms. The Morgan fingerprint density at radius 2 is 2.31 bits per heavy atom. The maximum atomic E-state index is 11.6. The minimum Gasteiger partial charge on any atom is -0.508 e. The van der Waals surface area contributed by atoms with Crippen LogP contribution in [0.2, 0.25) is 0 Å². The minimum absolute atomic E-state index is 0.0754. The van der Waals surface area contributed by atoms with Gasteiger partial charge >= 0.3 is 0 Å². The highest BCUT2D eigenvalue weighted by Gasteiger charge is 2.27. The zero-order chi connectivity index (χ0) is 11.5. The van der Waals surface area contributed by atoms with Crippen LogP contribution in [0.15, 0.2) is 24.3 Å². The molecule has 1 aromatic rings. The summed E-state index contributed by atoms with van der Waals surface area (Å²) in [5.41, 5.74) is 5.41. The fourth-order valence-corrected chi connectivity index (χ4v) is 1.43. The number of hydrogen-bond donors (Lipinski definition) is 4. The first kappa shape index (κ1) is 10.4. The van der Waals surface area contributed by atoms with Crippen LogP contribution in [-0.2, 0) is 9.59 Å². The molecule has 0 bridgehead atoms. The fraction of sp³-hybridized carbons (Fsp3) is 0.200. The predicted octanol–water partition coefficient (Wildman–Crippen LogP) is -0.276. The molecule has 0 radical (unpaired) electrons. The molecule has 1 unspecified atom stereocenters. The van der Waals surface area contributed by atoms with E-state index in [1.54, 1.807) is 12.1 Å². The number of benzene rings is 1. The van der Waals surface area contributed by atoms with Crippen molar-refractivity contribution >= 4 is 17.5 Å². The van der Waals surface area contributed by atoms with Gasteiger partial charge < -0.3 is 10.4 Å². The number of phenolic OH excluding ortho intramolecular Hbond substituents is 1. The number of nitrogens with one attached hydrogen (secondary N) is 3. The SMILES string of the molecule is O=C1CC(C(=O)Nc2cccc(O)c2)NN1. The van der Waals surface area contributed by atoms with E-state index in [0.717, 1.165) is 0 Å². The van der Waals surface area contributed by atoms with Crippen molar-refractivity contribution in [3.8, 4) is 5.75 Å². The van der Waals surface area contributed by atoms with Gasteiger partial charge in [-0.1, -0.05) is 6.07 Å². The Bertz CT molecular complexity index is 433. The summed E-state index contributed by atoms with van der Waals surface area (Å²) in [5.74, 6) is -0.452. The van der Waals surface area contributed by atoms with Crippen LogP contribution in [0.4, 0.5) is 5.69 Å². The van der Waals surface area contributed by atoms with Crippen LogP contribution in [0, 0.1) is 0 Å². The highest BCUT2D eigenvalue weighted by molar-refractivity contribution is 5.99. The highest BCUT2D eigenvalue weighted by atomic mass is 16.3.